The molecule has 8 heteroatoms. The molecule has 0 aliphatic heterocycles. The van der Waals surface area contributed by atoms with Gasteiger partial charge < -0.3 is 28.5 Å². The Morgan fingerprint density at radius 1 is 1.25 bits per heavy atom. The zero-order chi connectivity index (χ0) is 4.50. The Morgan fingerprint density at radius 2 is 1.25 bits per heavy atom. The molecule has 0 rings (SSSR count). The van der Waals surface area contributed by atoms with Crippen molar-refractivity contribution in [3.63, 3.8) is 0 Å². The minimum Gasteiger partial charge on any atom is -1.00 e. The molecule has 0 fully saturated rings. The van der Waals surface area contributed by atoms with Crippen LogP contribution >= 0.6 is 0 Å². The van der Waals surface area contributed by atoms with Gasteiger partial charge in [-0.25, -0.2) is 8.42 Å². The minimum absolute atomic E-state index is 0. The second kappa shape index (κ2) is 9.60. The standard InChI is InChI=1S/HI.2Na.H2O4S/c;;;1-5(2,3)4/h1H;;;(H2,1,2,3,4)/q;2*+1;/p-2. The first-order valence-electron chi connectivity index (χ1n) is 0.683. The number of halogens is 1. The van der Waals surface area contributed by atoms with Crippen LogP contribution in [-0.4, -0.2) is 17.5 Å². The van der Waals surface area contributed by atoms with E-state index in [-0.39, 0.29) is 83.1 Å². The SMILES string of the molecule is O=S(=O)([O-])O.[I-].[Na+].[Na+]. The van der Waals surface area contributed by atoms with Crippen molar-refractivity contribution in [3.05, 3.63) is 0 Å². The molecule has 0 heterocycles. The molecule has 0 aromatic heterocycles. The Labute approximate surface area is 109 Å². The minimum atomic E-state index is -4.92. The Bertz CT molecular complexity index is 97.2. The van der Waals surface area contributed by atoms with Crippen LogP contribution in [0.5, 0.6) is 0 Å². The van der Waals surface area contributed by atoms with Crippen LogP contribution < -0.4 is 83.1 Å². The summed E-state index contributed by atoms with van der Waals surface area (Å²) >= 11 is 0. The van der Waals surface area contributed by atoms with Crippen molar-refractivity contribution in [2.75, 3.05) is 0 Å². The third-order valence-electron chi connectivity index (χ3n) is 0. The quantitative estimate of drug-likeness (QED) is 0.205. The second-order valence-electron chi connectivity index (χ2n) is 0.428. The molecule has 40 valence electrons. The summed E-state index contributed by atoms with van der Waals surface area (Å²) in [4.78, 5) is 0. The number of rotatable bonds is 0. The average Bonchev–Trinajstić information content (AvgIpc) is 0.722. The summed E-state index contributed by atoms with van der Waals surface area (Å²) < 4.78 is 32.8. The number of hydrogen-bond acceptors (Lipinski definition) is 3. The van der Waals surface area contributed by atoms with E-state index in [1.165, 1.54) is 0 Å². The Morgan fingerprint density at radius 3 is 1.25 bits per heavy atom. The third kappa shape index (κ3) is 73.5. The van der Waals surface area contributed by atoms with Crippen LogP contribution in [0.4, 0.5) is 0 Å². The fourth-order valence-electron chi connectivity index (χ4n) is 0. The molecule has 0 aromatic carbocycles. The van der Waals surface area contributed by atoms with Gasteiger partial charge in [-0.15, -0.1) is 0 Å². The molecule has 0 unspecified atom stereocenters. The second-order valence-corrected chi connectivity index (χ2v) is 1.28. The summed E-state index contributed by atoms with van der Waals surface area (Å²) in [5.41, 5.74) is 0. The van der Waals surface area contributed by atoms with E-state index in [2.05, 4.69) is 0 Å². The van der Waals surface area contributed by atoms with Gasteiger partial charge in [-0.2, -0.15) is 0 Å². The summed E-state index contributed by atoms with van der Waals surface area (Å²) in [5.74, 6) is 0. The molecule has 0 atom stereocenters. The topological polar surface area (TPSA) is 77.4 Å². The predicted molar refractivity (Wildman–Crippen MR) is 12.3 cm³/mol. The Hall–Kier alpha value is 2.60. The smallest absolute Gasteiger partial charge is 1.00 e. The average molecular weight is 270 g/mol. The van der Waals surface area contributed by atoms with Crippen LogP contribution in [0, 0.1) is 0 Å². The molecule has 0 aliphatic rings. The molecule has 1 N–H and O–H groups in total. The molecule has 0 aliphatic carbocycles. The summed E-state index contributed by atoms with van der Waals surface area (Å²) in [7, 11) is -4.92. The third-order valence-corrected chi connectivity index (χ3v) is 0. The van der Waals surface area contributed by atoms with Crippen LogP contribution in [0.25, 0.3) is 0 Å². The van der Waals surface area contributed by atoms with E-state index in [9.17, 15) is 0 Å². The summed E-state index contributed by atoms with van der Waals surface area (Å²) in [6, 6.07) is 0. The van der Waals surface area contributed by atoms with Crippen LogP contribution in [0.15, 0.2) is 0 Å². The van der Waals surface area contributed by atoms with Crippen molar-refractivity contribution in [1.82, 2.24) is 0 Å². The molecular formula is HINa2O4S. The van der Waals surface area contributed by atoms with Gasteiger partial charge in [0, 0.05) is 0 Å². The van der Waals surface area contributed by atoms with Crippen molar-refractivity contribution < 1.29 is 101 Å². The molecule has 0 aromatic rings. The molecule has 0 saturated heterocycles. The molecule has 4 nitrogen and oxygen atoms in total. The van der Waals surface area contributed by atoms with E-state index >= 15 is 0 Å². The zero-order valence-corrected chi connectivity index (χ0v) is 11.4. The molecule has 0 bridgehead atoms. The van der Waals surface area contributed by atoms with Crippen LogP contribution in [0.2, 0.25) is 0 Å². The first-order chi connectivity index (χ1) is 2.00. The number of hydrogen-bond donors (Lipinski definition) is 1. The van der Waals surface area contributed by atoms with Crippen molar-refractivity contribution in [2.24, 2.45) is 0 Å². The maximum atomic E-state index is 8.63. The maximum absolute atomic E-state index is 8.63. The van der Waals surface area contributed by atoms with Gasteiger partial charge in [0.15, 0.2) is 0 Å². The van der Waals surface area contributed by atoms with Crippen molar-refractivity contribution in [3.8, 4) is 0 Å². The van der Waals surface area contributed by atoms with Crippen LogP contribution in [-0.2, 0) is 10.4 Å². The molecule has 0 radical (unpaired) electrons. The van der Waals surface area contributed by atoms with E-state index in [0.717, 1.165) is 0 Å². The first kappa shape index (κ1) is 22.4. The van der Waals surface area contributed by atoms with Crippen molar-refractivity contribution in [1.29, 1.82) is 0 Å². The van der Waals surface area contributed by atoms with Crippen molar-refractivity contribution >= 4 is 10.4 Å². The van der Waals surface area contributed by atoms with Gasteiger partial charge in [-0.3, -0.25) is 4.55 Å². The van der Waals surface area contributed by atoms with Gasteiger partial charge in [0.2, 0.25) is 10.4 Å². The van der Waals surface area contributed by atoms with Gasteiger partial charge in [0.05, 0.1) is 0 Å². The Kier molecular flexibility index (Phi) is 26.9. The summed E-state index contributed by atoms with van der Waals surface area (Å²) in [6.07, 6.45) is 0. The molecule has 0 spiro atoms. The summed E-state index contributed by atoms with van der Waals surface area (Å²) in [5, 5.41) is 0. The van der Waals surface area contributed by atoms with Gasteiger partial charge in [-0.1, -0.05) is 0 Å². The van der Waals surface area contributed by atoms with Crippen molar-refractivity contribution in [2.45, 2.75) is 0 Å². The largest absolute Gasteiger partial charge is 1.00 e. The fraction of sp³-hybridized carbons (Fsp3) is 0. The van der Waals surface area contributed by atoms with Gasteiger partial charge in [0.1, 0.15) is 0 Å². The van der Waals surface area contributed by atoms with E-state index in [1.54, 1.807) is 0 Å². The Balaban J connectivity index is -0.0000000267. The van der Waals surface area contributed by atoms with E-state index in [1.807, 2.05) is 0 Å². The van der Waals surface area contributed by atoms with Gasteiger partial charge in [-0.05, 0) is 0 Å². The molecule has 0 amide bonds. The van der Waals surface area contributed by atoms with E-state index in [4.69, 9.17) is 17.5 Å². The normalized spacial score (nSPS) is 7.25. The first-order valence-corrected chi connectivity index (χ1v) is 2.05. The van der Waals surface area contributed by atoms with E-state index < -0.39 is 10.4 Å². The van der Waals surface area contributed by atoms with Crippen LogP contribution in [0.1, 0.15) is 0 Å². The van der Waals surface area contributed by atoms with Crippen LogP contribution in [0.3, 0.4) is 0 Å². The van der Waals surface area contributed by atoms with E-state index in [0.29, 0.717) is 0 Å². The maximum Gasteiger partial charge on any atom is 1.00 e. The predicted octanol–water partition coefficient (Wildman–Crippen LogP) is -9.98. The molecule has 0 saturated carbocycles. The fourth-order valence-corrected chi connectivity index (χ4v) is 0. The molecule has 8 heavy (non-hydrogen) atoms. The van der Waals surface area contributed by atoms with Gasteiger partial charge >= 0.3 is 59.1 Å². The summed E-state index contributed by atoms with van der Waals surface area (Å²) in [6.45, 7) is 0. The monoisotopic (exact) mass is 270 g/mol. The molecular weight excluding hydrogens is 269 g/mol. The zero-order valence-electron chi connectivity index (χ0n) is 4.46. The van der Waals surface area contributed by atoms with Gasteiger partial charge in [0.25, 0.3) is 0 Å².